The van der Waals surface area contributed by atoms with Crippen LogP contribution in [0.5, 0.6) is 0 Å². The molecule has 0 fully saturated rings. The van der Waals surface area contributed by atoms with Crippen LogP contribution in [0.4, 0.5) is 0 Å². The zero-order valence-corrected chi connectivity index (χ0v) is 11.3. The van der Waals surface area contributed by atoms with Gasteiger partial charge < -0.3 is 4.74 Å². The number of ether oxygens (including phenoxy) is 1. The molecule has 0 amide bonds. The van der Waals surface area contributed by atoms with Crippen LogP contribution in [0.1, 0.15) is 12.1 Å². The van der Waals surface area contributed by atoms with Crippen LogP contribution < -0.4 is 0 Å². The summed E-state index contributed by atoms with van der Waals surface area (Å²) in [5.74, 6) is -0.234. The maximum atomic E-state index is 11.0. The molecular weight excluding hydrogens is 263 g/mol. The Labute approximate surface area is 110 Å². The molecule has 4 nitrogen and oxygen atoms in total. The minimum Gasteiger partial charge on any atom is -0.469 e. The Bertz CT molecular complexity index is 399. The molecule has 0 saturated carbocycles. The second-order valence-electron chi connectivity index (χ2n) is 3.63. The first-order valence-corrected chi connectivity index (χ1v) is 5.85. The second kappa shape index (κ2) is 6.79. The molecule has 94 valence electrons. The number of carbonyl (C=O) groups excluding carboxylic acids is 1. The zero-order chi connectivity index (χ0) is 12.8. The molecule has 0 aromatic carbocycles. The van der Waals surface area contributed by atoms with Crippen molar-refractivity contribution in [2.75, 3.05) is 20.7 Å². The van der Waals surface area contributed by atoms with Crippen LogP contribution in [0.2, 0.25) is 10.2 Å². The molecule has 17 heavy (non-hydrogen) atoms. The van der Waals surface area contributed by atoms with Crippen molar-refractivity contribution < 1.29 is 9.53 Å². The van der Waals surface area contributed by atoms with Gasteiger partial charge in [-0.1, -0.05) is 23.2 Å². The van der Waals surface area contributed by atoms with Crippen molar-refractivity contribution in [1.82, 2.24) is 9.88 Å². The fourth-order valence-corrected chi connectivity index (χ4v) is 1.62. The lowest BCUT2D eigenvalue weighted by atomic mass is 10.3. The summed E-state index contributed by atoms with van der Waals surface area (Å²) in [6, 6.07) is 3.35. The van der Waals surface area contributed by atoms with Crippen LogP contribution in [-0.4, -0.2) is 36.6 Å². The van der Waals surface area contributed by atoms with E-state index >= 15 is 0 Å². The first-order chi connectivity index (χ1) is 8.02. The van der Waals surface area contributed by atoms with Crippen molar-refractivity contribution in [1.29, 1.82) is 0 Å². The van der Waals surface area contributed by atoms with E-state index in [1.54, 1.807) is 12.1 Å². The van der Waals surface area contributed by atoms with Gasteiger partial charge >= 0.3 is 5.97 Å². The SMILES string of the molecule is COC(=O)CCN(C)Cc1nc(Cl)ccc1Cl. The average molecular weight is 277 g/mol. The lowest BCUT2D eigenvalue weighted by Crippen LogP contribution is -2.22. The molecule has 0 N–H and O–H groups in total. The van der Waals surface area contributed by atoms with Gasteiger partial charge in [-0.25, -0.2) is 4.98 Å². The van der Waals surface area contributed by atoms with Crippen LogP contribution in [0.25, 0.3) is 0 Å². The summed E-state index contributed by atoms with van der Waals surface area (Å²) in [4.78, 5) is 17.0. The van der Waals surface area contributed by atoms with E-state index in [1.807, 2.05) is 11.9 Å². The number of halogens is 2. The van der Waals surface area contributed by atoms with Gasteiger partial charge in [0.1, 0.15) is 5.15 Å². The Morgan fingerprint density at radius 1 is 1.47 bits per heavy atom. The van der Waals surface area contributed by atoms with Crippen molar-refractivity contribution in [2.24, 2.45) is 0 Å². The largest absolute Gasteiger partial charge is 0.469 e. The number of hydrogen-bond acceptors (Lipinski definition) is 4. The van der Waals surface area contributed by atoms with Crippen LogP contribution in [0.15, 0.2) is 12.1 Å². The molecule has 0 radical (unpaired) electrons. The number of nitrogens with zero attached hydrogens (tertiary/aromatic N) is 2. The van der Waals surface area contributed by atoms with E-state index in [1.165, 1.54) is 7.11 Å². The predicted octanol–water partition coefficient (Wildman–Crippen LogP) is 2.38. The second-order valence-corrected chi connectivity index (χ2v) is 4.42. The molecule has 1 aromatic heterocycles. The van der Waals surface area contributed by atoms with Crippen LogP contribution >= 0.6 is 23.2 Å². The van der Waals surface area contributed by atoms with Crippen molar-refractivity contribution >= 4 is 29.2 Å². The lowest BCUT2D eigenvalue weighted by molar-refractivity contribution is -0.140. The Kier molecular flexibility index (Phi) is 5.68. The fourth-order valence-electron chi connectivity index (χ4n) is 1.29. The Morgan fingerprint density at radius 3 is 2.82 bits per heavy atom. The monoisotopic (exact) mass is 276 g/mol. The molecule has 6 heteroatoms. The topological polar surface area (TPSA) is 42.4 Å². The van der Waals surface area contributed by atoms with E-state index in [9.17, 15) is 4.79 Å². The van der Waals surface area contributed by atoms with Crippen LogP contribution in [0, 0.1) is 0 Å². The van der Waals surface area contributed by atoms with E-state index in [-0.39, 0.29) is 5.97 Å². The molecular formula is C11H14Cl2N2O2. The molecule has 0 atom stereocenters. The zero-order valence-electron chi connectivity index (χ0n) is 9.74. The Hall–Kier alpha value is -0.840. The Balaban J connectivity index is 2.52. The van der Waals surface area contributed by atoms with E-state index in [4.69, 9.17) is 23.2 Å². The molecule has 1 aromatic rings. The van der Waals surface area contributed by atoms with Gasteiger partial charge in [0, 0.05) is 13.1 Å². The molecule has 0 spiro atoms. The first-order valence-electron chi connectivity index (χ1n) is 5.09. The normalized spacial score (nSPS) is 10.6. The third-order valence-electron chi connectivity index (χ3n) is 2.23. The minimum atomic E-state index is -0.234. The highest BCUT2D eigenvalue weighted by Crippen LogP contribution is 2.18. The van der Waals surface area contributed by atoms with Gasteiger partial charge in [0.15, 0.2) is 0 Å². The highest BCUT2D eigenvalue weighted by atomic mass is 35.5. The summed E-state index contributed by atoms with van der Waals surface area (Å²) in [6.45, 7) is 1.12. The third-order valence-corrected chi connectivity index (χ3v) is 2.78. The van der Waals surface area contributed by atoms with Crippen LogP contribution in [0.3, 0.4) is 0 Å². The summed E-state index contributed by atoms with van der Waals surface area (Å²) in [7, 11) is 3.25. The number of methoxy groups -OCH3 is 1. The van der Waals surface area contributed by atoms with Gasteiger partial charge in [-0.15, -0.1) is 0 Å². The molecule has 0 bridgehead atoms. The molecule has 1 heterocycles. The highest BCUT2D eigenvalue weighted by Gasteiger charge is 2.09. The highest BCUT2D eigenvalue weighted by molar-refractivity contribution is 6.32. The maximum Gasteiger partial charge on any atom is 0.306 e. The standard InChI is InChI=1S/C11H14Cl2N2O2/c1-15(6-5-11(16)17-2)7-9-8(12)3-4-10(13)14-9/h3-4H,5-7H2,1-2H3. The van der Waals surface area contributed by atoms with E-state index in [0.717, 1.165) is 0 Å². The quantitative estimate of drug-likeness (QED) is 0.612. The number of pyridine rings is 1. The van der Waals surface area contributed by atoms with Gasteiger partial charge in [-0.05, 0) is 19.2 Å². The van der Waals surface area contributed by atoms with Crippen molar-refractivity contribution in [3.63, 3.8) is 0 Å². The van der Waals surface area contributed by atoms with Gasteiger partial charge in [0.25, 0.3) is 0 Å². The minimum absolute atomic E-state index is 0.234. The maximum absolute atomic E-state index is 11.0. The van der Waals surface area contributed by atoms with Gasteiger partial charge in [0.2, 0.25) is 0 Å². The molecule has 0 aliphatic carbocycles. The molecule has 0 unspecified atom stereocenters. The average Bonchev–Trinajstić information content (AvgIpc) is 2.30. The van der Waals surface area contributed by atoms with Crippen molar-refractivity contribution in [2.45, 2.75) is 13.0 Å². The predicted molar refractivity (Wildman–Crippen MR) is 67.2 cm³/mol. The summed E-state index contributed by atoms with van der Waals surface area (Å²) >= 11 is 11.8. The number of hydrogen-bond donors (Lipinski definition) is 0. The third kappa shape index (κ3) is 4.89. The van der Waals surface area contributed by atoms with E-state index in [2.05, 4.69) is 9.72 Å². The molecule has 0 aliphatic heterocycles. The number of aromatic nitrogens is 1. The summed E-state index contributed by atoms with van der Waals surface area (Å²) in [5.41, 5.74) is 0.700. The van der Waals surface area contributed by atoms with Crippen LogP contribution in [-0.2, 0) is 16.1 Å². The van der Waals surface area contributed by atoms with Gasteiger partial charge in [-0.3, -0.25) is 9.69 Å². The smallest absolute Gasteiger partial charge is 0.306 e. The lowest BCUT2D eigenvalue weighted by Gasteiger charge is -2.16. The first kappa shape index (κ1) is 14.2. The molecule has 0 aliphatic rings. The fraction of sp³-hybridized carbons (Fsp3) is 0.455. The number of carbonyl (C=O) groups is 1. The van der Waals surface area contributed by atoms with E-state index < -0.39 is 0 Å². The molecule has 1 rings (SSSR count). The number of rotatable bonds is 5. The number of esters is 1. The summed E-state index contributed by atoms with van der Waals surface area (Å²) in [6.07, 6.45) is 0.338. The van der Waals surface area contributed by atoms with Gasteiger partial charge in [-0.2, -0.15) is 0 Å². The Morgan fingerprint density at radius 2 is 2.18 bits per heavy atom. The van der Waals surface area contributed by atoms with E-state index in [0.29, 0.717) is 35.4 Å². The summed E-state index contributed by atoms with van der Waals surface area (Å²) < 4.78 is 4.57. The molecule has 0 saturated heterocycles. The van der Waals surface area contributed by atoms with Crippen molar-refractivity contribution in [3.05, 3.63) is 28.0 Å². The van der Waals surface area contributed by atoms with Gasteiger partial charge in [0.05, 0.1) is 24.2 Å². The van der Waals surface area contributed by atoms with Crippen molar-refractivity contribution in [3.8, 4) is 0 Å². The summed E-state index contributed by atoms with van der Waals surface area (Å²) in [5, 5.41) is 0.977.